The smallest absolute Gasteiger partial charge is 0.146 e. The van der Waals surface area contributed by atoms with Crippen molar-refractivity contribution in [3.63, 3.8) is 0 Å². The molecule has 0 aliphatic rings. The van der Waals surface area contributed by atoms with Gasteiger partial charge in [-0.05, 0) is 10.5 Å². The summed E-state index contributed by atoms with van der Waals surface area (Å²) in [6.45, 7) is 6.22. The standard InChI is InChI=1S/C5H12O2P/c1-5(2)4-7-8(3)6/h5H,4H2,1-3H3/q+1. The van der Waals surface area contributed by atoms with Gasteiger partial charge in [-0.2, -0.15) is 0 Å². The summed E-state index contributed by atoms with van der Waals surface area (Å²) in [4.78, 5) is 0. The molecule has 0 aromatic heterocycles. The third kappa shape index (κ3) is 6.06. The average molecular weight is 135 g/mol. The van der Waals surface area contributed by atoms with E-state index in [-0.39, 0.29) is 0 Å². The van der Waals surface area contributed by atoms with Crippen molar-refractivity contribution in [2.24, 2.45) is 5.92 Å². The molecular formula is C5H12O2P+. The first-order valence-corrected chi connectivity index (χ1v) is 4.29. The molecule has 0 N–H and O–H groups in total. The highest BCUT2D eigenvalue weighted by Gasteiger charge is 2.06. The van der Waals surface area contributed by atoms with Gasteiger partial charge in [0.05, 0.1) is 0 Å². The zero-order chi connectivity index (χ0) is 6.57. The van der Waals surface area contributed by atoms with Crippen molar-refractivity contribution in [2.75, 3.05) is 13.3 Å². The van der Waals surface area contributed by atoms with Crippen LogP contribution in [0, 0.1) is 5.92 Å². The highest BCUT2D eigenvalue weighted by Crippen LogP contribution is 2.15. The van der Waals surface area contributed by atoms with Crippen molar-refractivity contribution in [3.05, 3.63) is 0 Å². The molecule has 0 aliphatic heterocycles. The third-order valence-corrected chi connectivity index (χ3v) is 1.10. The average Bonchev–Trinajstić information content (AvgIpc) is 1.61. The van der Waals surface area contributed by atoms with Crippen molar-refractivity contribution in [3.8, 4) is 0 Å². The van der Waals surface area contributed by atoms with Crippen LogP contribution in [0.1, 0.15) is 13.8 Å². The van der Waals surface area contributed by atoms with Crippen molar-refractivity contribution in [1.82, 2.24) is 0 Å². The zero-order valence-electron chi connectivity index (χ0n) is 5.55. The first-order valence-electron chi connectivity index (χ1n) is 2.66. The maximum atomic E-state index is 10.3. The summed E-state index contributed by atoms with van der Waals surface area (Å²) < 4.78 is 15.1. The zero-order valence-corrected chi connectivity index (χ0v) is 6.44. The van der Waals surface area contributed by atoms with Gasteiger partial charge in [-0.15, -0.1) is 4.52 Å². The minimum absolute atomic E-state index is 0.480. The number of hydrogen-bond donors (Lipinski definition) is 0. The Morgan fingerprint density at radius 1 is 1.62 bits per heavy atom. The van der Waals surface area contributed by atoms with Crippen LogP contribution >= 0.6 is 8.03 Å². The molecule has 2 nitrogen and oxygen atoms in total. The molecular weight excluding hydrogens is 123 g/mol. The van der Waals surface area contributed by atoms with Gasteiger partial charge in [0.15, 0.2) is 6.66 Å². The van der Waals surface area contributed by atoms with E-state index in [9.17, 15) is 4.57 Å². The molecule has 0 aromatic carbocycles. The lowest BCUT2D eigenvalue weighted by Crippen LogP contribution is -1.95. The predicted octanol–water partition coefficient (Wildman–Crippen LogP) is 2.03. The van der Waals surface area contributed by atoms with Gasteiger partial charge in [-0.1, -0.05) is 13.8 Å². The van der Waals surface area contributed by atoms with Crippen LogP contribution in [0.4, 0.5) is 0 Å². The van der Waals surface area contributed by atoms with Gasteiger partial charge in [0.1, 0.15) is 6.61 Å². The molecule has 0 rings (SSSR count). The van der Waals surface area contributed by atoms with E-state index in [1.165, 1.54) is 0 Å². The minimum Gasteiger partial charge on any atom is -0.146 e. The maximum Gasteiger partial charge on any atom is 0.504 e. The summed E-state index contributed by atoms with van der Waals surface area (Å²) in [5.74, 6) is 0.480. The molecule has 0 aliphatic carbocycles. The minimum atomic E-state index is -1.38. The molecule has 0 saturated carbocycles. The highest BCUT2D eigenvalue weighted by molar-refractivity contribution is 7.38. The summed E-state index contributed by atoms with van der Waals surface area (Å²) in [6, 6.07) is 0. The molecule has 48 valence electrons. The Balaban J connectivity index is 3.05. The Labute approximate surface area is 51.1 Å². The van der Waals surface area contributed by atoms with Crippen molar-refractivity contribution < 1.29 is 9.09 Å². The SMILES string of the molecule is CC(C)CO[P+](C)=O. The van der Waals surface area contributed by atoms with Gasteiger partial charge in [-0.25, -0.2) is 0 Å². The van der Waals surface area contributed by atoms with E-state index in [4.69, 9.17) is 4.52 Å². The molecule has 8 heavy (non-hydrogen) atoms. The molecule has 0 fully saturated rings. The van der Waals surface area contributed by atoms with Gasteiger partial charge in [-0.3, -0.25) is 0 Å². The van der Waals surface area contributed by atoms with Gasteiger partial charge in [0, 0.05) is 0 Å². The van der Waals surface area contributed by atoms with Crippen LogP contribution in [-0.4, -0.2) is 13.3 Å². The monoisotopic (exact) mass is 135 g/mol. The Kier molecular flexibility index (Phi) is 4.02. The molecule has 0 bridgehead atoms. The lowest BCUT2D eigenvalue weighted by atomic mass is 10.2. The lowest BCUT2D eigenvalue weighted by Gasteiger charge is -1.93. The van der Waals surface area contributed by atoms with E-state index < -0.39 is 8.03 Å². The van der Waals surface area contributed by atoms with E-state index in [0.29, 0.717) is 12.5 Å². The molecule has 0 aromatic rings. The first-order chi connectivity index (χ1) is 3.63. The van der Waals surface area contributed by atoms with Crippen molar-refractivity contribution >= 4 is 8.03 Å². The first kappa shape index (κ1) is 8.06. The summed E-state index contributed by atoms with van der Waals surface area (Å²) in [5.41, 5.74) is 0. The lowest BCUT2D eigenvalue weighted by molar-refractivity contribution is 0.285. The van der Waals surface area contributed by atoms with Crippen LogP contribution in [-0.2, 0) is 9.09 Å². The topological polar surface area (TPSA) is 26.3 Å². The van der Waals surface area contributed by atoms with Crippen LogP contribution in [0.3, 0.4) is 0 Å². The van der Waals surface area contributed by atoms with Crippen LogP contribution in [0.15, 0.2) is 0 Å². The second-order valence-electron chi connectivity index (χ2n) is 2.13. The van der Waals surface area contributed by atoms with Crippen LogP contribution in [0.2, 0.25) is 0 Å². The fourth-order valence-electron chi connectivity index (χ4n) is 0.254. The van der Waals surface area contributed by atoms with Crippen LogP contribution in [0.5, 0.6) is 0 Å². The van der Waals surface area contributed by atoms with Gasteiger partial charge >= 0.3 is 8.03 Å². The fourth-order valence-corrected chi connectivity index (χ4v) is 0.762. The van der Waals surface area contributed by atoms with Gasteiger partial charge < -0.3 is 0 Å². The summed E-state index contributed by atoms with van der Waals surface area (Å²) in [7, 11) is -1.38. The van der Waals surface area contributed by atoms with E-state index in [1.807, 2.05) is 13.8 Å². The van der Waals surface area contributed by atoms with E-state index in [2.05, 4.69) is 0 Å². The van der Waals surface area contributed by atoms with E-state index in [1.54, 1.807) is 6.66 Å². The fraction of sp³-hybridized carbons (Fsp3) is 1.00. The molecule has 0 radical (unpaired) electrons. The van der Waals surface area contributed by atoms with Crippen molar-refractivity contribution in [2.45, 2.75) is 13.8 Å². The van der Waals surface area contributed by atoms with Gasteiger partial charge in [0.2, 0.25) is 0 Å². The Bertz CT molecular complexity index is 80.5. The molecule has 3 heteroatoms. The highest BCUT2D eigenvalue weighted by atomic mass is 31.1. The third-order valence-electron chi connectivity index (χ3n) is 0.590. The summed E-state index contributed by atoms with van der Waals surface area (Å²) >= 11 is 0. The summed E-state index contributed by atoms with van der Waals surface area (Å²) in [6.07, 6.45) is 0. The molecule has 0 heterocycles. The number of hydrogen-bond acceptors (Lipinski definition) is 2. The second kappa shape index (κ2) is 3.99. The Morgan fingerprint density at radius 3 is 2.25 bits per heavy atom. The summed E-state index contributed by atoms with van der Waals surface area (Å²) in [5, 5.41) is 0. The molecule has 1 unspecified atom stereocenters. The predicted molar refractivity (Wildman–Crippen MR) is 34.3 cm³/mol. The second-order valence-corrected chi connectivity index (χ2v) is 3.27. The Morgan fingerprint density at radius 2 is 2.12 bits per heavy atom. The van der Waals surface area contributed by atoms with Crippen LogP contribution in [0.25, 0.3) is 0 Å². The Hall–Kier alpha value is 0.0600. The van der Waals surface area contributed by atoms with E-state index in [0.717, 1.165) is 0 Å². The van der Waals surface area contributed by atoms with Gasteiger partial charge in [0.25, 0.3) is 0 Å². The molecule has 0 saturated heterocycles. The largest absolute Gasteiger partial charge is 0.504 e. The van der Waals surface area contributed by atoms with Crippen molar-refractivity contribution in [1.29, 1.82) is 0 Å². The quantitative estimate of drug-likeness (QED) is 0.553. The normalized spacial score (nSPS) is 12.2. The van der Waals surface area contributed by atoms with E-state index >= 15 is 0 Å². The molecule has 0 spiro atoms. The number of rotatable bonds is 3. The van der Waals surface area contributed by atoms with Crippen LogP contribution < -0.4 is 0 Å². The molecule has 0 amide bonds. The maximum absolute atomic E-state index is 10.3. The molecule has 1 atom stereocenters.